The summed E-state index contributed by atoms with van der Waals surface area (Å²) in [7, 11) is 0. The maximum Gasteiger partial charge on any atom is 0.222 e. The molecule has 0 aromatic heterocycles. The van der Waals surface area contributed by atoms with Crippen molar-refractivity contribution in [2.75, 3.05) is 19.7 Å². The molecule has 1 aliphatic rings. The molecule has 2 N–H and O–H groups in total. The Morgan fingerprint density at radius 3 is 2.62 bits per heavy atom. The number of carbonyl (C=O) groups is 1. The van der Waals surface area contributed by atoms with Crippen LogP contribution in [-0.4, -0.2) is 36.5 Å². The van der Waals surface area contributed by atoms with Gasteiger partial charge in [0, 0.05) is 30.0 Å². The van der Waals surface area contributed by atoms with E-state index >= 15 is 0 Å². The summed E-state index contributed by atoms with van der Waals surface area (Å²) in [6.45, 7) is 6.48. The third-order valence-corrected chi connectivity index (χ3v) is 5.06. The Balaban J connectivity index is 0.00000288. The Morgan fingerprint density at radius 2 is 2.00 bits per heavy atom. The van der Waals surface area contributed by atoms with E-state index in [4.69, 9.17) is 10.5 Å². The molecule has 4 nitrogen and oxygen atoms in total. The van der Waals surface area contributed by atoms with Gasteiger partial charge in [-0.2, -0.15) is 0 Å². The molecule has 1 fully saturated rings. The van der Waals surface area contributed by atoms with Gasteiger partial charge in [0.2, 0.25) is 5.91 Å². The molecule has 1 amide bonds. The summed E-state index contributed by atoms with van der Waals surface area (Å²) in [5.74, 6) is 1.11. The van der Waals surface area contributed by atoms with Gasteiger partial charge in [-0.3, -0.25) is 4.79 Å². The number of ether oxygens (including phenoxy) is 1. The van der Waals surface area contributed by atoms with Gasteiger partial charge < -0.3 is 15.4 Å². The Hall–Kier alpha value is -0.780. The number of amides is 1. The second-order valence-corrected chi connectivity index (χ2v) is 7.87. The third-order valence-electron chi connectivity index (χ3n) is 4.53. The summed E-state index contributed by atoms with van der Waals surface area (Å²) < 4.78 is 6.71. The van der Waals surface area contributed by atoms with Gasteiger partial charge in [-0.25, -0.2) is 0 Å². The average molecular weight is 420 g/mol. The van der Waals surface area contributed by atoms with Gasteiger partial charge in [0.15, 0.2) is 0 Å². The quantitative estimate of drug-likeness (QED) is 0.709. The molecule has 1 aromatic rings. The van der Waals surface area contributed by atoms with Crippen molar-refractivity contribution in [1.82, 2.24) is 4.90 Å². The molecule has 1 saturated heterocycles. The number of unbranched alkanes of at least 4 members (excludes halogenated alkanes) is 1. The van der Waals surface area contributed by atoms with Crippen molar-refractivity contribution >= 4 is 34.2 Å². The molecule has 1 atom stereocenters. The zero-order chi connectivity index (χ0) is 16.9. The van der Waals surface area contributed by atoms with E-state index in [1.807, 2.05) is 29.2 Å². The third kappa shape index (κ3) is 6.26. The SMILES string of the molecule is CC1(C)CN(C(=O)CCCCOc2ccc(Br)cc2)CCC1N.Cl. The number of rotatable bonds is 6. The number of halogens is 2. The molecule has 1 unspecified atom stereocenters. The maximum atomic E-state index is 12.3. The van der Waals surface area contributed by atoms with E-state index in [-0.39, 0.29) is 29.8 Å². The zero-order valence-corrected chi connectivity index (χ0v) is 16.9. The van der Waals surface area contributed by atoms with Crippen LogP contribution in [0.2, 0.25) is 0 Å². The summed E-state index contributed by atoms with van der Waals surface area (Å²) in [4.78, 5) is 14.3. The topological polar surface area (TPSA) is 55.6 Å². The van der Waals surface area contributed by atoms with Gasteiger partial charge in [-0.1, -0.05) is 29.8 Å². The van der Waals surface area contributed by atoms with E-state index in [2.05, 4.69) is 29.8 Å². The Kier molecular flexibility index (Phi) is 8.54. The Bertz CT molecular complexity index is 522. The summed E-state index contributed by atoms with van der Waals surface area (Å²) in [5.41, 5.74) is 6.13. The van der Waals surface area contributed by atoms with Gasteiger partial charge in [0.05, 0.1) is 6.61 Å². The molecule has 0 bridgehead atoms. The fourth-order valence-electron chi connectivity index (χ4n) is 2.84. The average Bonchev–Trinajstić information content (AvgIpc) is 2.51. The lowest BCUT2D eigenvalue weighted by Crippen LogP contribution is -2.53. The summed E-state index contributed by atoms with van der Waals surface area (Å²) in [6, 6.07) is 7.98. The molecule has 1 aromatic carbocycles. The minimum Gasteiger partial charge on any atom is -0.494 e. The molecule has 1 aliphatic heterocycles. The van der Waals surface area contributed by atoms with Crippen LogP contribution in [0.15, 0.2) is 28.7 Å². The lowest BCUT2D eigenvalue weighted by Gasteiger charge is -2.42. The van der Waals surface area contributed by atoms with E-state index in [0.29, 0.717) is 13.0 Å². The highest BCUT2D eigenvalue weighted by molar-refractivity contribution is 9.10. The molecular formula is C18H28BrClN2O2. The van der Waals surface area contributed by atoms with Crippen molar-refractivity contribution in [3.63, 3.8) is 0 Å². The van der Waals surface area contributed by atoms with Gasteiger partial charge in [0.25, 0.3) is 0 Å². The van der Waals surface area contributed by atoms with Crippen molar-refractivity contribution in [2.24, 2.45) is 11.1 Å². The van der Waals surface area contributed by atoms with Crippen molar-refractivity contribution < 1.29 is 9.53 Å². The summed E-state index contributed by atoms with van der Waals surface area (Å²) in [5, 5.41) is 0. The highest BCUT2D eigenvalue weighted by atomic mass is 79.9. The predicted octanol–water partition coefficient (Wildman–Crippen LogP) is 4.01. The standard InChI is InChI=1S/C18H27BrN2O2.ClH/c1-18(2)13-21(11-10-16(18)20)17(22)5-3-4-12-23-15-8-6-14(19)7-9-15;/h6-9,16H,3-5,10-13,20H2,1-2H3;1H. The number of hydrogen-bond acceptors (Lipinski definition) is 3. The predicted molar refractivity (Wildman–Crippen MR) is 104 cm³/mol. The zero-order valence-electron chi connectivity index (χ0n) is 14.5. The van der Waals surface area contributed by atoms with Crippen LogP contribution in [0.1, 0.15) is 39.5 Å². The van der Waals surface area contributed by atoms with Crippen LogP contribution < -0.4 is 10.5 Å². The van der Waals surface area contributed by atoms with Crippen LogP contribution in [0.4, 0.5) is 0 Å². The minimum atomic E-state index is 0. The Labute approximate surface area is 159 Å². The van der Waals surface area contributed by atoms with Gasteiger partial charge in [0.1, 0.15) is 5.75 Å². The Morgan fingerprint density at radius 1 is 1.33 bits per heavy atom. The molecule has 24 heavy (non-hydrogen) atoms. The van der Waals surface area contributed by atoms with Gasteiger partial charge in [-0.15, -0.1) is 12.4 Å². The van der Waals surface area contributed by atoms with Crippen molar-refractivity contribution in [1.29, 1.82) is 0 Å². The second-order valence-electron chi connectivity index (χ2n) is 6.96. The number of likely N-dealkylation sites (tertiary alicyclic amines) is 1. The maximum absolute atomic E-state index is 12.3. The lowest BCUT2D eigenvalue weighted by molar-refractivity contribution is -0.134. The van der Waals surface area contributed by atoms with E-state index < -0.39 is 0 Å². The van der Waals surface area contributed by atoms with Crippen LogP contribution in [0.5, 0.6) is 5.75 Å². The smallest absolute Gasteiger partial charge is 0.222 e. The number of hydrogen-bond donors (Lipinski definition) is 1. The molecule has 1 heterocycles. The van der Waals surface area contributed by atoms with Crippen LogP contribution in [0, 0.1) is 5.41 Å². The van der Waals surface area contributed by atoms with Crippen LogP contribution >= 0.6 is 28.3 Å². The van der Waals surface area contributed by atoms with Crippen molar-refractivity contribution in [3.8, 4) is 5.75 Å². The number of nitrogens with zero attached hydrogens (tertiary/aromatic N) is 1. The van der Waals surface area contributed by atoms with Crippen LogP contribution in [0.25, 0.3) is 0 Å². The van der Waals surface area contributed by atoms with E-state index in [0.717, 1.165) is 42.6 Å². The number of nitrogens with two attached hydrogens (primary N) is 1. The van der Waals surface area contributed by atoms with Crippen LogP contribution in [-0.2, 0) is 4.79 Å². The highest BCUT2D eigenvalue weighted by Crippen LogP contribution is 2.28. The first-order valence-corrected chi connectivity index (χ1v) is 9.09. The van der Waals surface area contributed by atoms with Crippen LogP contribution in [0.3, 0.4) is 0 Å². The first kappa shape index (κ1) is 21.3. The first-order valence-electron chi connectivity index (χ1n) is 8.30. The molecular weight excluding hydrogens is 392 g/mol. The molecule has 2 rings (SSSR count). The van der Waals surface area contributed by atoms with Gasteiger partial charge in [-0.05, 0) is 48.9 Å². The van der Waals surface area contributed by atoms with E-state index in [9.17, 15) is 4.79 Å². The molecule has 0 aliphatic carbocycles. The fraction of sp³-hybridized carbons (Fsp3) is 0.611. The minimum absolute atomic E-state index is 0. The van der Waals surface area contributed by atoms with Gasteiger partial charge >= 0.3 is 0 Å². The molecule has 0 radical (unpaired) electrons. The molecule has 0 spiro atoms. The number of piperidine rings is 1. The van der Waals surface area contributed by atoms with E-state index in [1.165, 1.54) is 0 Å². The molecule has 136 valence electrons. The number of carbonyl (C=O) groups excluding carboxylic acids is 1. The summed E-state index contributed by atoms with van der Waals surface area (Å²) in [6.07, 6.45) is 3.23. The molecule has 6 heteroatoms. The monoisotopic (exact) mass is 418 g/mol. The normalized spacial score (nSPS) is 19.5. The second kappa shape index (κ2) is 9.64. The number of benzene rings is 1. The largest absolute Gasteiger partial charge is 0.494 e. The first-order chi connectivity index (χ1) is 10.9. The lowest BCUT2D eigenvalue weighted by atomic mass is 9.79. The fourth-order valence-corrected chi connectivity index (χ4v) is 3.11. The summed E-state index contributed by atoms with van der Waals surface area (Å²) >= 11 is 3.40. The highest BCUT2D eigenvalue weighted by Gasteiger charge is 2.34. The molecule has 0 saturated carbocycles. The van der Waals surface area contributed by atoms with E-state index in [1.54, 1.807) is 0 Å². The van der Waals surface area contributed by atoms with Crippen molar-refractivity contribution in [2.45, 2.75) is 45.6 Å². The van der Waals surface area contributed by atoms with Crippen molar-refractivity contribution in [3.05, 3.63) is 28.7 Å².